The second kappa shape index (κ2) is 8.10. The number of hydrogen-bond donors (Lipinski definition) is 2. The van der Waals surface area contributed by atoms with Gasteiger partial charge in [0.25, 0.3) is 0 Å². The standard InChI is InChI=1S/C21H25FN6O3/c1-4-14-12(2)21(3,22)18(31-14)28-11-24-15-16(25-19(23)27-17(15)28)26-20(29)30-10-13-8-6-5-7-9-13/h5-9,11-12,14,18H,4,10H2,1-3H3,(H3,23,25,26,27,29)/t12-,14+,18+,21?/m0/s1. The molecule has 1 fully saturated rings. The van der Waals surface area contributed by atoms with Crippen LogP contribution in [0.2, 0.25) is 0 Å². The minimum absolute atomic E-state index is 0.0814. The fourth-order valence-corrected chi connectivity index (χ4v) is 3.84. The van der Waals surface area contributed by atoms with Gasteiger partial charge in [-0.05, 0) is 18.9 Å². The molecule has 0 spiro atoms. The number of ether oxygens (including phenoxy) is 2. The number of carbonyl (C=O) groups is 1. The number of nitrogens with two attached hydrogens (primary N) is 1. The van der Waals surface area contributed by atoms with Gasteiger partial charge in [0.15, 0.2) is 28.9 Å². The SMILES string of the molecule is CC[C@H]1O[C@@H](n2cnc3c(NC(=O)OCc4ccccc4)nc(N)nc32)C(C)(F)[C@H]1C. The van der Waals surface area contributed by atoms with Crippen LogP contribution in [0.4, 0.5) is 21.0 Å². The molecule has 4 rings (SSSR count). The largest absolute Gasteiger partial charge is 0.444 e. The van der Waals surface area contributed by atoms with Crippen LogP contribution in [0.15, 0.2) is 36.7 Å². The van der Waals surface area contributed by atoms with Crippen LogP contribution >= 0.6 is 0 Å². The lowest BCUT2D eigenvalue weighted by Gasteiger charge is -2.25. The fraction of sp³-hybridized carbons (Fsp3) is 0.429. The van der Waals surface area contributed by atoms with Crippen LogP contribution in [0, 0.1) is 5.92 Å². The van der Waals surface area contributed by atoms with Gasteiger partial charge in [0.05, 0.1) is 12.4 Å². The molecular formula is C21H25FN6O3. The number of anilines is 2. The van der Waals surface area contributed by atoms with Crippen molar-refractivity contribution in [2.24, 2.45) is 5.92 Å². The summed E-state index contributed by atoms with van der Waals surface area (Å²) < 4.78 is 28.2. The lowest BCUT2D eigenvalue weighted by molar-refractivity contribution is -0.0450. The third-order valence-corrected chi connectivity index (χ3v) is 5.76. The van der Waals surface area contributed by atoms with Gasteiger partial charge in [-0.2, -0.15) is 9.97 Å². The van der Waals surface area contributed by atoms with Gasteiger partial charge in [0.2, 0.25) is 5.95 Å². The van der Waals surface area contributed by atoms with E-state index in [1.54, 1.807) is 0 Å². The lowest BCUT2D eigenvalue weighted by atomic mass is 9.88. The Bertz CT molecular complexity index is 1090. The number of amides is 1. The summed E-state index contributed by atoms with van der Waals surface area (Å²) in [5.41, 5.74) is 5.58. The second-order valence-electron chi connectivity index (χ2n) is 7.82. The summed E-state index contributed by atoms with van der Waals surface area (Å²) >= 11 is 0. The van der Waals surface area contributed by atoms with Crippen molar-refractivity contribution in [2.45, 2.75) is 51.8 Å². The van der Waals surface area contributed by atoms with Gasteiger partial charge in [0.1, 0.15) is 6.61 Å². The molecule has 4 atom stereocenters. The highest BCUT2D eigenvalue weighted by Gasteiger charge is 2.52. The minimum atomic E-state index is -1.64. The fourth-order valence-electron chi connectivity index (χ4n) is 3.84. The highest BCUT2D eigenvalue weighted by atomic mass is 19.1. The van der Waals surface area contributed by atoms with Crippen LogP contribution in [0.25, 0.3) is 11.2 Å². The number of nitrogen functional groups attached to an aromatic ring is 1. The van der Waals surface area contributed by atoms with Crippen molar-refractivity contribution in [2.75, 3.05) is 11.1 Å². The number of imidazole rings is 1. The molecule has 0 radical (unpaired) electrons. The number of rotatable bonds is 5. The number of halogens is 1. The molecule has 0 aliphatic carbocycles. The first-order chi connectivity index (χ1) is 14.8. The molecule has 31 heavy (non-hydrogen) atoms. The van der Waals surface area contributed by atoms with E-state index in [9.17, 15) is 4.79 Å². The number of nitrogens with zero attached hydrogens (tertiary/aromatic N) is 4. The zero-order chi connectivity index (χ0) is 22.2. The Balaban J connectivity index is 1.59. The van der Waals surface area contributed by atoms with Gasteiger partial charge >= 0.3 is 6.09 Å². The molecular weight excluding hydrogens is 403 g/mol. The molecule has 3 aromatic rings. The quantitative estimate of drug-likeness (QED) is 0.634. The summed E-state index contributed by atoms with van der Waals surface area (Å²) in [7, 11) is 0. The normalized spacial score (nSPS) is 25.6. The molecule has 164 valence electrons. The second-order valence-corrected chi connectivity index (χ2v) is 7.82. The Hall–Kier alpha value is -3.27. The molecule has 2 aromatic heterocycles. The first-order valence-electron chi connectivity index (χ1n) is 10.1. The molecule has 3 N–H and O–H groups in total. The number of benzene rings is 1. The maximum Gasteiger partial charge on any atom is 0.413 e. The third kappa shape index (κ3) is 3.90. The topological polar surface area (TPSA) is 117 Å². The van der Waals surface area contributed by atoms with E-state index in [4.69, 9.17) is 15.2 Å². The van der Waals surface area contributed by atoms with Crippen LogP contribution in [-0.4, -0.2) is 37.4 Å². The number of aromatic nitrogens is 4. The van der Waals surface area contributed by atoms with Crippen molar-refractivity contribution in [3.8, 4) is 0 Å². The van der Waals surface area contributed by atoms with E-state index in [0.717, 1.165) is 5.56 Å². The third-order valence-electron chi connectivity index (χ3n) is 5.76. The van der Waals surface area contributed by atoms with E-state index >= 15 is 4.39 Å². The summed E-state index contributed by atoms with van der Waals surface area (Å²) in [6, 6.07) is 9.27. The van der Waals surface area contributed by atoms with Gasteiger partial charge in [0, 0.05) is 5.92 Å². The van der Waals surface area contributed by atoms with Crippen LogP contribution < -0.4 is 11.1 Å². The Morgan fingerprint density at radius 3 is 2.77 bits per heavy atom. The van der Waals surface area contributed by atoms with E-state index < -0.39 is 18.0 Å². The highest BCUT2D eigenvalue weighted by Crippen LogP contribution is 2.47. The molecule has 1 amide bonds. The zero-order valence-electron chi connectivity index (χ0n) is 17.6. The molecule has 1 aromatic carbocycles. The Morgan fingerprint density at radius 2 is 2.10 bits per heavy atom. The van der Waals surface area contributed by atoms with Gasteiger partial charge in [-0.1, -0.05) is 44.2 Å². The summed E-state index contributed by atoms with van der Waals surface area (Å²) in [5, 5.41) is 2.55. The molecule has 1 unspecified atom stereocenters. The molecule has 1 aliphatic rings. The first-order valence-corrected chi connectivity index (χ1v) is 10.1. The van der Waals surface area contributed by atoms with Crippen LogP contribution in [-0.2, 0) is 16.1 Å². The zero-order valence-corrected chi connectivity index (χ0v) is 17.6. The average molecular weight is 428 g/mol. The van der Waals surface area contributed by atoms with Crippen LogP contribution in [0.1, 0.15) is 39.0 Å². The van der Waals surface area contributed by atoms with Crippen molar-refractivity contribution in [3.63, 3.8) is 0 Å². The summed E-state index contributed by atoms with van der Waals surface area (Å²) in [6.45, 7) is 5.38. The van der Waals surface area contributed by atoms with Crippen molar-refractivity contribution in [3.05, 3.63) is 42.2 Å². The summed E-state index contributed by atoms with van der Waals surface area (Å²) in [6.07, 6.45) is 0.227. The molecule has 1 saturated heterocycles. The smallest absolute Gasteiger partial charge is 0.413 e. The number of fused-ring (bicyclic) bond motifs is 1. The Kier molecular flexibility index (Phi) is 5.48. The molecule has 9 nitrogen and oxygen atoms in total. The van der Waals surface area contributed by atoms with Crippen LogP contribution in [0.5, 0.6) is 0 Å². The Labute approximate surface area is 178 Å². The number of hydrogen-bond acceptors (Lipinski definition) is 7. The van der Waals surface area contributed by atoms with Gasteiger partial charge in [-0.3, -0.25) is 9.88 Å². The molecule has 3 heterocycles. The predicted molar refractivity (Wildman–Crippen MR) is 113 cm³/mol. The van der Waals surface area contributed by atoms with Crippen molar-refractivity contribution >= 4 is 29.0 Å². The summed E-state index contributed by atoms with van der Waals surface area (Å²) in [5.74, 6) is -0.325. The number of carbonyl (C=O) groups excluding carboxylic acids is 1. The van der Waals surface area contributed by atoms with Crippen molar-refractivity contribution in [1.29, 1.82) is 0 Å². The lowest BCUT2D eigenvalue weighted by Crippen LogP contribution is -2.33. The van der Waals surface area contributed by atoms with E-state index in [2.05, 4.69) is 20.3 Å². The number of nitrogens with one attached hydrogen (secondary N) is 1. The monoisotopic (exact) mass is 428 g/mol. The van der Waals surface area contributed by atoms with E-state index in [1.807, 2.05) is 44.2 Å². The summed E-state index contributed by atoms with van der Waals surface area (Å²) in [4.78, 5) is 24.8. The molecule has 1 aliphatic heterocycles. The first kappa shape index (κ1) is 21.0. The maximum absolute atomic E-state index is 15.5. The molecule has 0 saturated carbocycles. The van der Waals surface area contributed by atoms with Crippen molar-refractivity contribution in [1.82, 2.24) is 19.5 Å². The van der Waals surface area contributed by atoms with E-state index in [1.165, 1.54) is 17.8 Å². The van der Waals surface area contributed by atoms with Crippen LogP contribution in [0.3, 0.4) is 0 Å². The average Bonchev–Trinajstić information content (AvgIpc) is 3.25. The van der Waals surface area contributed by atoms with E-state index in [-0.39, 0.29) is 41.6 Å². The predicted octanol–water partition coefficient (Wildman–Crippen LogP) is 3.83. The van der Waals surface area contributed by atoms with Crippen molar-refractivity contribution < 1.29 is 18.7 Å². The highest BCUT2D eigenvalue weighted by molar-refractivity contribution is 5.94. The minimum Gasteiger partial charge on any atom is -0.444 e. The Morgan fingerprint density at radius 1 is 1.35 bits per heavy atom. The van der Waals surface area contributed by atoms with Gasteiger partial charge in [-0.25, -0.2) is 14.2 Å². The van der Waals surface area contributed by atoms with Gasteiger partial charge in [-0.15, -0.1) is 0 Å². The molecule has 0 bridgehead atoms. The molecule has 10 heteroatoms. The van der Waals surface area contributed by atoms with E-state index in [0.29, 0.717) is 6.42 Å². The maximum atomic E-state index is 15.5. The number of alkyl halides is 1. The van der Waals surface area contributed by atoms with Gasteiger partial charge < -0.3 is 15.2 Å².